The Balaban J connectivity index is 0.00000441. The number of carbonyl (C=O) groups is 2. The number of hydrogen-bond donors (Lipinski definition) is 0. The van der Waals surface area contributed by atoms with Gasteiger partial charge in [0, 0.05) is 0 Å². The second-order valence-corrected chi connectivity index (χ2v) is 3.79. The van der Waals surface area contributed by atoms with E-state index in [4.69, 9.17) is 0 Å². The molecule has 22 heavy (non-hydrogen) atoms. The van der Waals surface area contributed by atoms with E-state index in [0.29, 0.717) is 12.1 Å². The molecule has 0 spiro atoms. The standard InChI is InChI=1S/C13H10F4O4.Li/c1-2-21-12(20)11(19)6-10(18)7-3-4-9(14)8(5-7)13(15,16)17;/h3-6,18H,2H2,1H3;/q;+1/p-1/b10-6+;. The van der Waals surface area contributed by atoms with Gasteiger partial charge in [-0.2, -0.15) is 13.2 Å². The van der Waals surface area contributed by atoms with E-state index in [2.05, 4.69) is 4.74 Å². The summed E-state index contributed by atoms with van der Waals surface area (Å²) in [4.78, 5) is 22.2. The molecule has 0 bridgehead atoms. The molecule has 0 aromatic heterocycles. The van der Waals surface area contributed by atoms with Crippen molar-refractivity contribution in [3.8, 4) is 0 Å². The molecule has 0 unspecified atom stereocenters. The third-order valence-corrected chi connectivity index (χ3v) is 2.30. The average molecular weight is 312 g/mol. The Morgan fingerprint density at radius 1 is 1.32 bits per heavy atom. The van der Waals surface area contributed by atoms with E-state index in [9.17, 15) is 32.3 Å². The van der Waals surface area contributed by atoms with Crippen molar-refractivity contribution in [2.45, 2.75) is 13.1 Å². The van der Waals surface area contributed by atoms with Gasteiger partial charge in [-0.3, -0.25) is 4.79 Å². The van der Waals surface area contributed by atoms with Crippen LogP contribution in [0, 0.1) is 5.82 Å². The third kappa shape index (κ3) is 5.20. The molecular weight excluding hydrogens is 303 g/mol. The van der Waals surface area contributed by atoms with Gasteiger partial charge in [-0.15, -0.1) is 0 Å². The van der Waals surface area contributed by atoms with Crippen LogP contribution >= 0.6 is 0 Å². The number of alkyl halides is 3. The topological polar surface area (TPSA) is 66.4 Å². The van der Waals surface area contributed by atoms with Crippen molar-refractivity contribution in [1.29, 1.82) is 0 Å². The quantitative estimate of drug-likeness (QED) is 0.173. The molecular formula is C13H9F4LiO4. The first-order chi connectivity index (χ1) is 9.66. The molecule has 9 heteroatoms. The van der Waals surface area contributed by atoms with Gasteiger partial charge in [0.25, 0.3) is 5.78 Å². The van der Waals surface area contributed by atoms with Crippen molar-refractivity contribution < 1.29 is 55.9 Å². The van der Waals surface area contributed by atoms with Crippen LogP contribution in [0.25, 0.3) is 5.76 Å². The zero-order chi connectivity index (χ0) is 16.2. The van der Waals surface area contributed by atoms with Gasteiger partial charge in [-0.05, 0) is 30.7 Å². The minimum atomic E-state index is -4.98. The van der Waals surface area contributed by atoms with Gasteiger partial charge in [0.15, 0.2) is 0 Å². The molecule has 0 saturated heterocycles. The van der Waals surface area contributed by atoms with Crippen molar-refractivity contribution in [2.75, 3.05) is 6.61 Å². The van der Waals surface area contributed by atoms with Crippen molar-refractivity contribution >= 4 is 17.5 Å². The van der Waals surface area contributed by atoms with Gasteiger partial charge in [0.05, 0.1) is 12.2 Å². The molecule has 0 aliphatic heterocycles. The first-order valence-corrected chi connectivity index (χ1v) is 5.63. The van der Waals surface area contributed by atoms with E-state index in [1.165, 1.54) is 6.92 Å². The second-order valence-electron chi connectivity index (χ2n) is 3.79. The number of ether oxygens (including phenoxy) is 1. The summed E-state index contributed by atoms with van der Waals surface area (Å²) in [5, 5.41) is 11.6. The first-order valence-electron chi connectivity index (χ1n) is 5.63. The Labute approximate surface area is 134 Å². The molecule has 0 radical (unpaired) electrons. The molecule has 0 heterocycles. The van der Waals surface area contributed by atoms with Crippen molar-refractivity contribution in [1.82, 2.24) is 0 Å². The minimum absolute atomic E-state index is 0. The van der Waals surface area contributed by atoms with E-state index in [-0.39, 0.29) is 31.5 Å². The van der Waals surface area contributed by atoms with Gasteiger partial charge in [0.2, 0.25) is 0 Å². The van der Waals surface area contributed by atoms with Crippen LogP contribution in [0.1, 0.15) is 18.1 Å². The summed E-state index contributed by atoms with van der Waals surface area (Å²) in [6.07, 6.45) is -4.68. The summed E-state index contributed by atoms with van der Waals surface area (Å²) in [6, 6.07) is 1.51. The predicted octanol–water partition coefficient (Wildman–Crippen LogP) is -1.32. The summed E-state index contributed by atoms with van der Waals surface area (Å²) in [5.74, 6) is -5.31. The van der Waals surface area contributed by atoms with E-state index < -0.39 is 40.6 Å². The molecule has 0 amide bonds. The second kappa shape index (κ2) is 8.01. The first kappa shape index (κ1) is 20.2. The normalized spacial score (nSPS) is 11.6. The van der Waals surface area contributed by atoms with Crippen LogP contribution in [0.15, 0.2) is 24.3 Å². The molecule has 0 atom stereocenters. The molecule has 0 aliphatic carbocycles. The van der Waals surface area contributed by atoms with E-state index in [1.807, 2.05) is 0 Å². The fourth-order valence-corrected chi connectivity index (χ4v) is 1.36. The van der Waals surface area contributed by atoms with Crippen LogP contribution in [0.5, 0.6) is 0 Å². The molecule has 4 nitrogen and oxygen atoms in total. The molecule has 1 rings (SSSR count). The summed E-state index contributed by atoms with van der Waals surface area (Å²) in [6.45, 7) is 1.34. The van der Waals surface area contributed by atoms with Gasteiger partial charge in [-0.25, -0.2) is 9.18 Å². The van der Waals surface area contributed by atoms with Crippen LogP contribution in [0.4, 0.5) is 17.6 Å². The van der Waals surface area contributed by atoms with Crippen LogP contribution < -0.4 is 24.0 Å². The van der Waals surface area contributed by atoms with Crippen LogP contribution in [0.3, 0.4) is 0 Å². The van der Waals surface area contributed by atoms with E-state index >= 15 is 0 Å². The Morgan fingerprint density at radius 2 is 1.91 bits per heavy atom. The summed E-state index contributed by atoms with van der Waals surface area (Å²) < 4.78 is 54.8. The van der Waals surface area contributed by atoms with Gasteiger partial charge >= 0.3 is 31.0 Å². The number of rotatable bonds is 4. The largest absolute Gasteiger partial charge is 1.00 e. The molecule has 0 N–H and O–H groups in total. The molecule has 1 aromatic carbocycles. The maximum atomic E-state index is 13.0. The van der Waals surface area contributed by atoms with Crippen LogP contribution in [-0.2, 0) is 20.5 Å². The fourth-order valence-electron chi connectivity index (χ4n) is 1.36. The number of carbonyl (C=O) groups excluding carboxylic acids is 2. The Hall–Kier alpha value is -1.78. The number of benzene rings is 1. The van der Waals surface area contributed by atoms with E-state index in [0.717, 1.165) is 6.07 Å². The van der Waals surface area contributed by atoms with Crippen molar-refractivity contribution in [3.05, 3.63) is 41.2 Å². The van der Waals surface area contributed by atoms with Gasteiger partial charge in [-0.1, -0.05) is 11.8 Å². The number of halogens is 4. The molecule has 0 saturated carbocycles. The monoisotopic (exact) mass is 312 g/mol. The summed E-state index contributed by atoms with van der Waals surface area (Å²) >= 11 is 0. The minimum Gasteiger partial charge on any atom is -0.872 e. The predicted molar refractivity (Wildman–Crippen MR) is 61.0 cm³/mol. The summed E-state index contributed by atoms with van der Waals surface area (Å²) in [5.41, 5.74) is -2.20. The van der Waals surface area contributed by atoms with Crippen molar-refractivity contribution in [2.24, 2.45) is 0 Å². The van der Waals surface area contributed by atoms with Gasteiger partial charge < -0.3 is 9.84 Å². The molecule has 0 aliphatic rings. The molecule has 0 fully saturated rings. The van der Waals surface area contributed by atoms with E-state index in [1.54, 1.807) is 0 Å². The number of esters is 1. The maximum Gasteiger partial charge on any atom is 1.00 e. The smallest absolute Gasteiger partial charge is 0.872 e. The summed E-state index contributed by atoms with van der Waals surface area (Å²) in [7, 11) is 0. The maximum absolute atomic E-state index is 13.0. The molecule has 114 valence electrons. The molecule has 1 aromatic rings. The van der Waals surface area contributed by atoms with Crippen LogP contribution in [0.2, 0.25) is 0 Å². The fraction of sp³-hybridized carbons (Fsp3) is 0.231. The number of ketones is 1. The zero-order valence-electron chi connectivity index (χ0n) is 11.7. The van der Waals surface area contributed by atoms with Crippen LogP contribution in [-0.4, -0.2) is 18.4 Å². The third-order valence-electron chi connectivity index (χ3n) is 2.30. The SMILES string of the molecule is CCOC(=O)C(=O)/C=C(/[O-])c1ccc(F)c(C(F)(F)F)c1.[Li+]. The van der Waals surface area contributed by atoms with Crippen molar-refractivity contribution in [3.63, 3.8) is 0 Å². The Morgan fingerprint density at radius 3 is 2.41 bits per heavy atom. The average Bonchev–Trinajstić information content (AvgIpc) is 2.37. The number of hydrogen-bond acceptors (Lipinski definition) is 4. The Kier molecular flexibility index (Phi) is 7.36. The zero-order valence-corrected chi connectivity index (χ0v) is 11.7. The Bertz CT molecular complexity index is 596. The van der Waals surface area contributed by atoms with Gasteiger partial charge in [0.1, 0.15) is 5.82 Å².